The van der Waals surface area contributed by atoms with Gasteiger partial charge in [0, 0.05) is 12.0 Å². The van der Waals surface area contributed by atoms with E-state index in [0.29, 0.717) is 16.6 Å². The van der Waals surface area contributed by atoms with Crippen LogP contribution >= 0.6 is 0 Å². The van der Waals surface area contributed by atoms with Crippen LogP contribution in [0.5, 0.6) is 0 Å². The van der Waals surface area contributed by atoms with Crippen LogP contribution in [0.3, 0.4) is 0 Å². The molecule has 0 atom stereocenters. The lowest BCUT2D eigenvalue weighted by Crippen LogP contribution is -2.49. The normalized spacial score (nSPS) is 19.2. The molecule has 3 heteroatoms. The van der Waals surface area contributed by atoms with Crippen molar-refractivity contribution in [2.75, 3.05) is 6.56 Å². The highest BCUT2D eigenvalue weighted by Gasteiger charge is 2.50. The fourth-order valence-corrected chi connectivity index (χ4v) is 9.16. The quantitative estimate of drug-likeness (QED) is 0.644. The van der Waals surface area contributed by atoms with E-state index in [9.17, 15) is 5.11 Å². The van der Waals surface area contributed by atoms with Crippen molar-refractivity contribution in [1.82, 2.24) is 0 Å². The first-order chi connectivity index (χ1) is 11.5. The average molecular weight is 337 g/mol. The van der Waals surface area contributed by atoms with Crippen molar-refractivity contribution < 1.29 is 12.3 Å². The lowest BCUT2D eigenvalue weighted by atomic mass is 9.95. The first-order valence-electron chi connectivity index (χ1n) is 9.94. The zero-order valence-corrected chi connectivity index (χ0v) is 16.5. The van der Waals surface area contributed by atoms with Crippen LogP contribution in [0.15, 0.2) is 24.3 Å². The van der Waals surface area contributed by atoms with E-state index in [4.69, 9.17) is 7.17 Å². The van der Waals surface area contributed by atoms with E-state index in [1.807, 2.05) is 24.3 Å². The Balaban J connectivity index is 2.42. The van der Waals surface area contributed by atoms with Gasteiger partial charge in [0.1, 0.15) is 0 Å². The Kier molecular flexibility index (Phi) is 4.88. The Labute approximate surface area is 146 Å². The van der Waals surface area contributed by atoms with Crippen molar-refractivity contribution in [2.45, 2.75) is 83.0 Å². The third-order valence-corrected chi connectivity index (χ3v) is 11.4. The van der Waals surface area contributed by atoms with Gasteiger partial charge in [-0.25, -0.2) is 0 Å². The van der Waals surface area contributed by atoms with Crippen LogP contribution in [0.4, 0.5) is 0 Å². The highest BCUT2D eigenvalue weighted by atomic mass is 28.4. The van der Waals surface area contributed by atoms with Gasteiger partial charge in [-0.3, -0.25) is 0 Å². The van der Waals surface area contributed by atoms with Crippen molar-refractivity contribution in [3.05, 3.63) is 35.4 Å². The van der Waals surface area contributed by atoms with Crippen molar-refractivity contribution in [3.8, 4) is 0 Å². The summed E-state index contributed by atoms with van der Waals surface area (Å²) in [5, 5.41) is 9.44. The van der Waals surface area contributed by atoms with Crippen molar-refractivity contribution in [3.63, 3.8) is 0 Å². The van der Waals surface area contributed by atoms with E-state index in [-0.39, 0.29) is 6.61 Å². The first kappa shape index (κ1) is 15.9. The number of hydrogen-bond donors (Lipinski definition) is 1. The molecule has 0 aromatic heterocycles. The molecule has 0 saturated heterocycles. The van der Waals surface area contributed by atoms with Gasteiger partial charge in [-0.15, -0.1) is 0 Å². The lowest BCUT2D eigenvalue weighted by Gasteiger charge is -2.43. The van der Waals surface area contributed by atoms with Crippen molar-refractivity contribution >= 4 is 8.32 Å². The monoisotopic (exact) mass is 336 g/mol. The summed E-state index contributed by atoms with van der Waals surface area (Å²) in [6, 6.07) is 7.72. The summed E-state index contributed by atoms with van der Waals surface area (Å²) in [5.41, 5.74) is 2.27. The molecule has 0 bridgehead atoms. The molecule has 1 aliphatic carbocycles. The maximum Gasteiger partial charge on any atom is 0.200 e. The molecule has 0 spiro atoms. The molecule has 0 aliphatic heterocycles. The maximum atomic E-state index is 9.44. The second kappa shape index (κ2) is 7.08. The van der Waals surface area contributed by atoms with Gasteiger partial charge in [-0.1, -0.05) is 65.8 Å². The fourth-order valence-electron chi connectivity index (χ4n) is 4.08. The predicted molar refractivity (Wildman–Crippen MR) is 100 cm³/mol. The molecular formula is C20H34O2Si. The van der Waals surface area contributed by atoms with Crippen LogP contribution in [0, 0.1) is 0 Å². The molecule has 1 aliphatic rings. The number of benzene rings is 1. The fraction of sp³-hybridized carbons (Fsp3) is 0.700. The van der Waals surface area contributed by atoms with Gasteiger partial charge in [0.25, 0.3) is 0 Å². The molecule has 1 N–H and O–H groups in total. The van der Waals surface area contributed by atoms with Gasteiger partial charge in [0.15, 0.2) is 8.32 Å². The average Bonchev–Trinajstić information content (AvgIpc) is 3.34. The maximum absolute atomic E-state index is 9.44. The largest absolute Gasteiger partial charge is 0.415 e. The molecule has 1 aromatic rings. The van der Waals surface area contributed by atoms with Crippen LogP contribution in [0.1, 0.15) is 68.3 Å². The lowest BCUT2D eigenvalue weighted by molar-refractivity contribution is 0.244. The molecule has 1 saturated carbocycles. The van der Waals surface area contributed by atoms with Crippen LogP contribution < -0.4 is 0 Å². The Morgan fingerprint density at radius 3 is 2.13 bits per heavy atom. The zero-order valence-electron chi connectivity index (χ0n) is 17.5. The minimum Gasteiger partial charge on any atom is -0.415 e. The summed E-state index contributed by atoms with van der Waals surface area (Å²) in [6.45, 7) is 11.4. The van der Waals surface area contributed by atoms with E-state index in [2.05, 4.69) is 41.5 Å². The molecular weight excluding hydrogens is 300 g/mol. The molecule has 130 valence electrons. The molecule has 0 unspecified atom stereocenters. The number of aliphatic hydroxyl groups excluding tert-OH is 1. The van der Waals surface area contributed by atoms with Gasteiger partial charge < -0.3 is 9.53 Å². The SMILES string of the molecule is [2H]C([2H])(O[Si](C(C)C)(C(C)C)C(C)C)C1(c2cccc(CO)c2)CC1. The Hall–Kier alpha value is -0.643. The van der Waals surface area contributed by atoms with Gasteiger partial charge in [-0.05, 0) is 40.6 Å². The second-order valence-corrected chi connectivity index (χ2v) is 13.3. The molecule has 0 heterocycles. The number of aliphatic hydroxyl groups is 1. The Morgan fingerprint density at radius 1 is 1.13 bits per heavy atom. The third-order valence-electron chi connectivity index (χ3n) is 5.54. The third kappa shape index (κ3) is 3.57. The van der Waals surface area contributed by atoms with E-state index >= 15 is 0 Å². The van der Waals surface area contributed by atoms with E-state index in [0.717, 1.165) is 24.0 Å². The molecule has 0 amide bonds. The van der Waals surface area contributed by atoms with Crippen LogP contribution in [-0.2, 0) is 16.4 Å². The standard InChI is InChI=1S/C20H34O2Si/c1-15(2)23(16(3)4,17(5)6)22-14-20(10-11-20)19-9-7-8-18(12-19)13-21/h7-9,12,15-17,21H,10-11,13-14H2,1-6H3/i14D2. The van der Waals surface area contributed by atoms with E-state index in [1.54, 1.807) is 0 Å². The summed E-state index contributed by atoms with van der Waals surface area (Å²) in [5.74, 6) is 0. The van der Waals surface area contributed by atoms with Gasteiger partial charge in [-0.2, -0.15) is 0 Å². The van der Waals surface area contributed by atoms with E-state index in [1.165, 1.54) is 0 Å². The van der Waals surface area contributed by atoms with Gasteiger partial charge >= 0.3 is 0 Å². The van der Waals surface area contributed by atoms with Gasteiger partial charge in [0.2, 0.25) is 0 Å². The molecule has 1 fully saturated rings. The summed E-state index contributed by atoms with van der Waals surface area (Å²) >= 11 is 0. The number of hydrogen-bond acceptors (Lipinski definition) is 2. The Bertz CT molecular complexity index is 573. The van der Waals surface area contributed by atoms with Gasteiger partial charge in [0.05, 0.1) is 9.35 Å². The van der Waals surface area contributed by atoms with E-state index < -0.39 is 20.3 Å². The summed E-state index contributed by atoms with van der Waals surface area (Å²) < 4.78 is 24.4. The highest BCUT2D eigenvalue weighted by molar-refractivity contribution is 6.77. The summed E-state index contributed by atoms with van der Waals surface area (Å²) in [6.07, 6.45) is 1.60. The summed E-state index contributed by atoms with van der Waals surface area (Å²) in [4.78, 5) is 0. The number of rotatable bonds is 8. The smallest absolute Gasteiger partial charge is 0.200 e. The molecule has 0 radical (unpaired) electrons. The molecule has 2 rings (SSSR count). The minimum atomic E-state index is -2.31. The molecule has 2 nitrogen and oxygen atoms in total. The van der Waals surface area contributed by atoms with Crippen molar-refractivity contribution in [1.29, 1.82) is 0 Å². The first-order valence-corrected chi connectivity index (χ1v) is 11.1. The zero-order chi connectivity index (χ0) is 19.0. The Morgan fingerprint density at radius 2 is 1.70 bits per heavy atom. The van der Waals surface area contributed by atoms with Crippen LogP contribution in [0.2, 0.25) is 16.6 Å². The molecule has 1 aromatic carbocycles. The topological polar surface area (TPSA) is 29.5 Å². The highest BCUT2D eigenvalue weighted by Crippen LogP contribution is 2.51. The predicted octanol–water partition coefficient (Wildman–Crippen LogP) is 5.40. The van der Waals surface area contributed by atoms with Crippen molar-refractivity contribution in [2.24, 2.45) is 0 Å². The minimum absolute atomic E-state index is 0.0174. The molecule has 23 heavy (non-hydrogen) atoms. The van der Waals surface area contributed by atoms with Crippen LogP contribution in [0.25, 0.3) is 0 Å². The van der Waals surface area contributed by atoms with Crippen LogP contribution in [-0.4, -0.2) is 20.0 Å². The summed E-state index contributed by atoms with van der Waals surface area (Å²) in [7, 11) is -2.31. The second-order valence-electron chi connectivity index (χ2n) is 7.96.